The van der Waals surface area contributed by atoms with Crippen molar-refractivity contribution in [2.24, 2.45) is 0 Å². The number of aliphatic hydroxyl groups is 1. The average molecular weight is 285 g/mol. The predicted octanol–water partition coefficient (Wildman–Crippen LogP) is 2.43. The van der Waals surface area contributed by atoms with E-state index in [1.165, 1.54) is 0 Å². The van der Waals surface area contributed by atoms with Crippen LogP contribution in [0.15, 0.2) is 48.5 Å². The molecule has 0 radical (unpaired) electrons. The summed E-state index contributed by atoms with van der Waals surface area (Å²) in [6.45, 7) is 2.11. The molecule has 0 bridgehead atoms. The number of amides is 2. The zero-order valence-corrected chi connectivity index (χ0v) is 11.8. The van der Waals surface area contributed by atoms with Crippen LogP contribution in [0.1, 0.15) is 17.2 Å². The third kappa shape index (κ3) is 4.50. The molecule has 0 saturated heterocycles. The van der Waals surface area contributed by atoms with E-state index in [9.17, 15) is 9.90 Å². The van der Waals surface area contributed by atoms with E-state index in [1.807, 2.05) is 31.2 Å². The van der Waals surface area contributed by atoms with Crippen molar-refractivity contribution in [1.82, 2.24) is 5.32 Å². The number of urea groups is 1. The molecule has 0 fully saturated rings. The number of nitrogens with one attached hydrogen (secondary N) is 2. The van der Waals surface area contributed by atoms with Gasteiger partial charge in [-0.25, -0.2) is 4.79 Å². The van der Waals surface area contributed by atoms with E-state index in [2.05, 4.69) is 10.6 Å². The molecule has 0 heterocycles. The number of anilines is 2. The van der Waals surface area contributed by atoms with Crippen molar-refractivity contribution in [3.63, 3.8) is 0 Å². The van der Waals surface area contributed by atoms with E-state index in [1.54, 1.807) is 24.3 Å². The Morgan fingerprint density at radius 1 is 1.14 bits per heavy atom. The highest BCUT2D eigenvalue weighted by atomic mass is 16.3. The molecule has 1 unspecified atom stereocenters. The normalized spacial score (nSPS) is 11.7. The van der Waals surface area contributed by atoms with Gasteiger partial charge in [0.05, 0.1) is 6.10 Å². The Kier molecular flexibility index (Phi) is 4.79. The molecule has 5 heteroatoms. The van der Waals surface area contributed by atoms with Crippen LogP contribution in [0.3, 0.4) is 0 Å². The minimum Gasteiger partial charge on any atom is -0.399 e. The van der Waals surface area contributed by atoms with Crippen molar-refractivity contribution < 1.29 is 9.90 Å². The number of rotatable bonds is 4. The van der Waals surface area contributed by atoms with Crippen LogP contribution in [-0.2, 0) is 0 Å². The van der Waals surface area contributed by atoms with E-state index < -0.39 is 6.10 Å². The van der Waals surface area contributed by atoms with Crippen LogP contribution in [0.2, 0.25) is 0 Å². The topological polar surface area (TPSA) is 87.4 Å². The van der Waals surface area contributed by atoms with Gasteiger partial charge >= 0.3 is 6.03 Å². The standard InChI is InChI=1S/C16H19N3O2/c1-11-2-8-14(9-3-11)19-16(21)18-10-15(20)12-4-6-13(17)7-5-12/h2-9,15,20H,10,17H2,1H3,(H2,18,19,21). The molecular formula is C16H19N3O2. The van der Waals surface area contributed by atoms with Crippen molar-refractivity contribution in [1.29, 1.82) is 0 Å². The first kappa shape index (κ1) is 14.9. The van der Waals surface area contributed by atoms with Gasteiger partial charge in [-0.3, -0.25) is 0 Å². The maximum atomic E-state index is 11.7. The number of aryl methyl sites for hydroxylation is 1. The molecule has 2 aromatic rings. The monoisotopic (exact) mass is 285 g/mol. The number of benzene rings is 2. The lowest BCUT2D eigenvalue weighted by Crippen LogP contribution is -2.32. The number of nitrogens with two attached hydrogens (primary N) is 1. The second kappa shape index (κ2) is 6.76. The zero-order valence-electron chi connectivity index (χ0n) is 11.8. The van der Waals surface area contributed by atoms with Crippen molar-refractivity contribution in [3.8, 4) is 0 Å². The van der Waals surface area contributed by atoms with Gasteiger partial charge in [-0.1, -0.05) is 29.8 Å². The van der Waals surface area contributed by atoms with Gasteiger partial charge in [0.2, 0.25) is 0 Å². The Hall–Kier alpha value is -2.53. The number of hydrogen-bond donors (Lipinski definition) is 4. The minimum absolute atomic E-state index is 0.127. The van der Waals surface area contributed by atoms with Crippen molar-refractivity contribution in [2.75, 3.05) is 17.6 Å². The predicted molar refractivity (Wildman–Crippen MR) is 84.0 cm³/mol. The summed E-state index contributed by atoms with van der Waals surface area (Å²) in [5.74, 6) is 0. The highest BCUT2D eigenvalue weighted by molar-refractivity contribution is 5.89. The van der Waals surface area contributed by atoms with E-state index >= 15 is 0 Å². The van der Waals surface area contributed by atoms with Crippen molar-refractivity contribution >= 4 is 17.4 Å². The van der Waals surface area contributed by atoms with Crippen LogP contribution in [0.5, 0.6) is 0 Å². The van der Waals surface area contributed by atoms with Crippen LogP contribution in [-0.4, -0.2) is 17.7 Å². The third-order valence-electron chi connectivity index (χ3n) is 3.09. The molecule has 0 aromatic heterocycles. The largest absolute Gasteiger partial charge is 0.399 e. The molecule has 2 rings (SSSR count). The molecule has 0 spiro atoms. The average Bonchev–Trinajstić information content (AvgIpc) is 2.48. The third-order valence-corrected chi connectivity index (χ3v) is 3.09. The number of hydrogen-bond acceptors (Lipinski definition) is 3. The van der Waals surface area contributed by atoms with E-state index in [0.717, 1.165) is 5.56 Å². The molecule has 5 N–H and O–H groups in total. The highest BCUT2D eigenvalue weighted by Gasteiger charge is 2.09. The maximum absolute atomic E-state index is 11.7. The quantitative estimate of drug-likeness (QED) is 0.651. The van der Waals surface area contributed by atoms with E-state index in [4.69, 9.17) is 5.73 Å². The first-order valence-electron chi connectivity index (χ1n) is 6.69. The Labute approximate surface area is 123 Å². The second-order valence-corrected chi connectivity index (χ2v) is 4.88. The smallest absolute Gasteiger partial charge is 0.319 e. The molecule has 1 atom stereocenters. The van der Waals surface area contributed by atoms with Crippen LogP contribution in [0.25, 0.3) is 0 Å². The van der Waals surface area contributed by atoms with Gasteiger partial charge < -0.3 is 21.5 Å². The summed E-state index contributed by atoms with van der Waals surface area (Å²) in [6.07, 6.45) is -0.769. The molecule has 0 aliphatic rings. The molecule has 21 heavy (non-hydrogen) atoms. The van der Waals surface area contributed by atoms with Crippen LogP contribution in [0, 0.1) is 6.92 Å². The summed E-state index contributed by atoms with van der Waals surface area (Å²) >= 11 is 0. The van der Waals surface area contributed by atoms with E-state index in [-0.39, 0.29) is 12.6 Å². The van der Waals surface area contributed by atoms with Gasteiger partial charge in [0, 0.05) is 17.9 Å². The zero-order chi connectivity index (χ0) is 15.2. The Balaban J connectivity index is 1.83. The molecular weight excluding hydrogens is 266 g/mol. The lowest BCUT2D eigenvalue weighted by molar-refractivity contribution is 0.175. The lowest BCUT2D eigenvalue weighted by Gasteiger charge is -2.13. The summed E-state index contributed by atoms with van der Waals surface area (Å²) in [5.41, 5.74) is 8.76. The molecule has 110 valence electrons. The van der Waals surface area contributed by atoms with E-state index in [0.29, 0.717) is 16.9 Å². The second-order valence-electron chi connectivity index (χ2n) is 4.88. The van der Waals surface area contributed by atoms with Crippen LogP contribution in [0.4, 0.5) is 16.2 Å². The van der Waals surface area contributed by atoms with Crippen LogP contribution >= 0.6 is 0 Å². The van der Waals surface area contributed by atoms with Crippen molar-refractivity contribution in [2.45, 2.75) is 13.0 Å². The summed E-state index contributed by atoms with van der Waals surface area (Å²) in [7, 11) is 0. The molecule has 0 saturated carbocycles. The van der Waals surface area contributed by atoms with Gasteiger partial charge in [0.15, 0.2) is 0 Å². The SMILES string of the molecule is Cc1ccc(NC(=O)NCC(O)c2ccc(N)cc2)cc1. The fraction of sp³-hybridized carbons (Fsp3) is 0.188. The molecule has 0 aliphatic carbocycles. The number of aliphatic hydroxyl groups excluding tert-OH is 1. The number of carbonyl (C=O) groups is 1. The summed E-state index contributed by atoms with van der Waals surface area (Å²) < 4.78 is 0. The molecule has 2 amide bonds. The van der Waals surface area contributed by atoms with Gasteiger partial charge in [-0.2, -0.15) is 0 Å². The molecule has 2 aromatic carbocycles. The Morgan fingerprint density at radius 2 is 1.76 bits per heavy atom. The Bertz CT molecular complexity index is 594. The fourth-order valence-corrected chi connectivity index (χ4v) is 1.84. The van der Waals surface area contributed by atoms with Crippen molar-refractivity contribution in [3.05, 3.63) is 59.7 Å². The first-order valence-corrected chi connectivity index (χ1v) is 6.69. The van der Waals surface area contributed by atoms with Gasteiger partial charge in [-0.05, 0) is 36.8 Å². The highest BCUT2D eigenvalue weighted by Crippen LogP contribution is 2.14. The van der Waals surface area contributed by atoms with Crippen LogP contribution < -0.4 is 16.4 Å². The summed E-state index contributed by atoms with van der Waals surface area (Å²) in [5, 5.41) is 15.3. The summed E-state index contributed by atoms with van der Waals surface area (Å²) in [6, 6.07) is 14.0. The molecule has 5 nitrogen and oxygen atoms in total. The molecule has 0 aliphatic heterocycles. The van der Waals surface area contributed by atoms with Gasteiger partial charge in [0.25, 0.3) is 0 Å². The fourth-order valence-electron chi connectivity index (χ4n) is 1.84. The van der Waals surface area contributed by atoms with Gasteiger partial charge in [-0.15, -0.1) is 0 Å². The Morgan fingerprint density at radius 3 is 2.38 bits per heavy atom. The number of nitrogen functional groups attached to an aromatic ring is 1. The first-order chi connectivity index (χ1) is 10.0. The summed E-state index contributed by atoms with van der Waals surface area (Å²) in [4.78, 5) is 11.7. The number of carbonyl (C=O) groups excluding carboxylic acids is 1. The minimum atomic E-state index is -0.769. The van der Waals surface area contributed by atoms with Gasteiger partial charge in [0.1, 0.15) is 0 Å². The maximum Gasteiger partial charge on any atom is 0.319 e. The lowest BCUT2D eigenvalue weighted by atomic mass is 10.1.